The Hall–Kier alpha value is -1.75. The molecule has 12 heavy (non-hydrogen) atoms. The number of pyridine rings is 1. The van der Waals surface area contributed by atoms with E-state index in [4.69, 9.17) is 6.42 Å². The van der Waals surface area contributed by atoms with E-state index in [0.29, 0.717) is 6.42 Å². The first-order chi connectivity index (χ1) is 5.92. The van der Waals surface area contributed by atoms with E-state index in [1.807, 2.05) is 35.0 Å². The first-order valence-electron chi connectivity index (χ1n) is 3.76. The lowest BCUT2D eigenvalue weighted by Gasteiger charge is -1.94. The molecule has 0 radical (unpaired) electrons. The van der Waals surface area contributed by atoms with Crippen LogP contribution in [0.25, 0.3) is 5.65 Å². The summed E-state index contributed by atoms with van der Waals surface area (Å²) in [5.74, 6) is 2.60. The van der Waals surface area contributed by atoms with Crippen molar-refractivity contribution < 1.29 is 0 Å². The molecule has 0 aliphatic rings. The van der Waals surface area contributed by atoms with Crippen molar-refractivity contribution in [1.29, 1.82) is 0 Å². The van der Waals surface area contributed by atoms with E-state index in [1.54, 1.807) is 0 Å². The van der Waals surface area contributed by atoms with Gasteiger partial charge in [-0.2, -0.15) is 0 Å². The van der Waals surface area contributed by atoms with E-state index in [2.05, 4.69) is 10.9 Å². The first-order valence-corrected chi connectivity index (χ1v) is 3.76. The lowest BCUT2D eigenvalue weighted by molar-refractivity contribution is 1.07. The molecule has 0 saturated carbocycles. The van der Waals surface area contributed by atoms with Crippen LogP contribution in [0.4, 0.5) is 0 Å². The predicted molar refractivity (Wildman–Crippen MR) is 47.7 cm³/mol. The van der Waals surface area contributed by atoms with Crippen LogP contribution in [-0.4, -0.2) is 9.38 Å². The molecule has 0 aliphatic heterocycles. The number of rotatable bonds is 1. The molecule has 2 heterocycles. The third-order valence-electron chi connectivity index (χ3n) is 1.78. The number of hydrogen-bond donors (Lipinski definition) is 0. The van der Waals surface area contributed by atoms with E-state index >= 15 is 0 Å². The van der Waals surface area contributed by atoms with Gasteiger partial charge in [-0.15, -0.1) is 12.3 Å². The third-order valence-corrected chi connectivity index (χ3v) is 1.78. The second-order valence-corrected chi connectivity index (χ2v) is 2.56. The Kier molecular flexibility index (Phi) is 1.56. The fourth-order valence-electron chi connectivity index (χ4n) is 1.22. The first kappa shape index (κ1) is 6.93. The minimum Gasteiger partial charge on any atom is -0.303 e. The Bertz CT molecular complexity index is 434. The number of aromatic nitrogens is 2. The summed E-state index contributed by atoms with van der Waals surface area (Å²) in [6.45, 7) is 0. The Morgan fingerprint density at radius 2 is 2.42 bits per heavy atom. The van der Waals surface area contributed by atoms with Gasteiger partial charge in [-0.25, -0.2) is 4.98 Å². The highest BCUT2D eigenvalue weighted by molar-refractivity contribution is 5.40. The van der Waals surface area contributed by atoms with E-state index < -0.39 is 0 Å². The molecule has 0 atom stereocenters. The lowest BCUT2D eigenvalue weighted by atomic mass is 10.3. The fraction of sp³-hybridized carbons (Fsp3) is 0.100. The van der Waals surface area contributed by atoms with Crippen LogP contribution >= 0.6 is 0 Å². The van der Waals surface area contributed by atoms with Crippen molar-refractivity contribution in [3.05, 3.63) is 36.3 Å². The molecule has 58 valence electrons. The molecular weight excluding hydrogens is 148 g/mol. The van der Waals surface area contributed by atoms with Crippen LogP contribution in [0.5, 0.6) is 0 Å². The summed E-state index contributed by atoms with van der Waals surface area (Å²) < 4.78 is 2.00. The Morgan fingerprint density at radius 1 is 1.50 bits per heavy atom. The zero-order valence-corrected chi connectivity index (χ0v) is 6.57. The second kappa shape index (κ2) is 2.71. The van der Waals surface area contributed by atoms with Crippen LogP contribution < -0.4 is 0 Å². The summed E-state index contributed by atoms with van der Waals surface area (Å²) in [6, 6.07) is 5.89. The fourth-order valence-corrected chi connectivity index (χ4v) is 1.22. The highest BCUT2D eigenvalue weighted by Crippen LogP contribution is 2.05. The molecule has 0 amide bonds. The van der Waals surface area contributed by atoms with Gasteiger partial charge in [0.1, 0.15) is 5.65 Å². The predicted octanol–water partition coefficient (Wildman–Crippen LogP) is 1.51. The number of nitrogens with zero attached hydrogens (tertiary/aromatic N) is 2. The average Bonchev–Trinajstić information content (AvgIpc) is 2.50. The van der Waals surface area contributed by atoms with Gasteiger partial charge in [-0.3, -0.25) is 0 Å². The van der Waals surface area contributed by atoms with Crippen LogP contribution in [-0.2, 0) is 6.42 Å². The largest absolute Gasteiger partial charge is 0.303 e. The van der Waals surface area contributed by atoms with E-state index in [0.717, 1.165) is 11.3 Å². The monoisotopic (exact) mass is 156 g/mol. The maximum atomic E-state index is 5.22. The van der Waals surface area contributed by atoms with Gasteiger partial charge in [0.25, 0.3) is 0 Å². The Morgan fingerprint density at radius 3 is 3.25 bits per heavy atom. The summed E-state index contributed by atoms with van der Waals surface area (Å²) >= 11 is 0. The van der Waals surface area contributed by atoms with Crippen molar-refractivity contribution in [2.45, 2.75) is 6.42 Å². The molecule has 0 bridgehead atoms. The van der Waals surface area contributed by atoms with Gasteiger partial charge in [0, 0.05) is 6.20 Å². The van der Waals surface area contributed by atoms with Gasteiger partial charge < -0.3 is 4.40 Å². The average molecular weight is 156 g/mol. The SMILES string of the molecule is C#CCc1cnc2ccccn12. The Balaban J connectivity index is 2.64. The second-order valence-electron chi connectivity index (χ2n) is 2.56. The van der Waals surface area contributed by atoms with Crippen LogP contribution in [0.3, 0.4) is 0 Å². The standard InChI is InChI=1S/C10H8N2/c1-2-5-9-8-11-10-6-3-4-7-12(9)10/h1,3-4,6-8H,5H2. The topological polar surface area (TPSA) is 17.3 Å². The zero-order chi connectivity index (χ0) is 8.39. The molecule has 2 nitrogen and oxygen atoms in total. The lowest BCUT2D eigenvalue weighted by Crippen LogP contribution is -1.89. The molecule has 0 aromatic carbocycles. The van der Waals surface area contributed by atoms with Crippen LogP contribution in [0.15, 0.2) is 30.6 Å². The van der Waals surface area contributed by atoms with Crippen LogP contribution in [0.1, 0.15) is 5.69 Å². The van der Waals surface area contributed by atoms with Gasteiger partial charge in [0.2, 0.25) is 0 Å². The molecule has 2 aromatic heterocycles. The van der Waals surface area contributed by atoms with Gasteiger partial charge >= 0.3 is 0 Å². The quantitative estimate of drug-likeness (QED) is 0.572. The molecule has 0 saturated heterocycles. The van der Waals surface area contributed by atoms with Gasteiger partial charge in [0.05, 0.1) is 18.3 Å². The van der Waals surface area contributed by atoms with Crippen molar-refractivity contribution in [3.63, 3.8) is 0 Å². The number of hydrogen-bond acceptors (Lipinski definition) is 1. The number of imidazole rings is 1. The van der Waals surface area contributed by atoms with Gasteiger partial charge in [0.15, 0.2) is 0 Å². The maximum absolute atomic E-state index is 5.22. The highest BCUT2D eigenvalue weighted by atomic mass is 15.0. The van der Waals surface area contributed by atoms with Crippen molar-refractivity contribution in [1.82, 2.24) is 9.38 Å². The molecule has 2 heteroatoms. The molecule has 2 aromatic rings. The molecule has 2 rings (SSSR count). The summed E-state index contributed by atoms with van der Waals surface area (Å²) in [5, 5.41) is 0. The summed E-state index contributed by atoms with van der Waals surface area (Å²) in [6.07, 6.45) is 9.63. The highest BCUT2D eigenvalue weighted by Gasteiger charge is 1.98. The molecule has 0 fully saturated rings. The smallest absolute Gasteiger partial charge is 0.136 e. The maximum Gasteiger partial charge on any atom is 0.136 e. The summed E-state index contributed by atoms with van der Waals surface area (Å²) in [4.78, 5) is 4.20. The van der Waals surface area contributed by atoms with Crippen LogP contribution in [0, 0.1) is 12.3 Å². The molecule has 0 aliphatic carbocycles. The van der Waals surface area contributed by atoms with Crippen molar-refractivity contribution >= 4 is 5.65 Å². The minimum atomic E-state index is 0.630. The summed E-state index contributed by atoms with van der Waals surface area (Å²) in [5.41, 5.74) is 2.01. The van der Waals surface area contributed by atoms with Gasteiger partial charge in [-0.05, 0) is 12.1 Å². The zero-order valence-electron chi connectivity index (χ0n) is 6.57. The van der Waals surface area contributed by atoms with E-state index in [-0.39, 0.29) is 0 Å². The number of fused-ring (bicyclic) bond motifs is 1. The van der Waals surface area contributed by atoms with Crippen molar-refractivity contribution in [2.24, 2.45) is 0 Å². The molecule has 0 N–H and O–H groups in total. The van der Waals surface area contributed by atoms with E-state index in [9.17, 15) is 0 Å². The molecule has 0 spiro atoms. The number of terminal acetylenes is 1. The van der Waals surface area contributed by atoms with Crippen molar-refractivity contribution in [2.75, 3.05) is 0 Å². The minimum absolute atomic E-state index is 0.630. The third kappa shape index (κ3) is 0.960. The summed E-state index contributed by atoms with van der Waals surface area (Å²) in [7, 11) is 0. The Labute approximate surface area is 70.9 Å². The van der Waals surface area contributed by atoms with Crippen LogP contribution in [0.2, 0.25) is 0 Å². The van der Waals surface area contributed by atoms with Crippen molar-refractivity contribution in [3.8, 4) is 12.3 Å². The normalized spacial score (nSPS) is 9.92. The van der Waals surface area contributed by atoms with E-state index in [1.165, 1.54) is 0 Å². The molecular formula is C10H8N2. The molecule has 0 unspecified atom stereocenters. The van der Waals surface area contributed by atoms with Gasteiger partial charge in [-0.1, -0.05) is 6.07 Å².